The van der Waals surface area contributed by atoms with Crippen LogP contribution in [0.2, 0.25) is 0 Å². The molecule has 1 aromatic carbocycles. The Hall–Kier alpha value is -1.44. The number of ether oxygens (including phenoxy) is 2. The summed E-state index contributed by atoms with van der Waals surface area (Å²) in [6.45, 7) is 8.02. The first-order chi connectivity index (χ1) is 12.8. The third-order valence-electron chi connectivity index (χ3n) is 4.47. The predicted molar refractivity (Wildman–Crippen MR) is 111 cm³/mol. The summed E-state index contributed by atoms with van der Waals surface area (Å²) in [7, 11) is 1.56. The molecule has 0 unspecified atom stereocenters. The third kappa shape index (κ3) is 4.89. The molecule has 3 rings (SSSR count). The van der Waals surface area contributed by atoms with Crippen LogP contribution >= 0.6 is 27.3 Å². The smallest absolute Gasteiger partial charge is 0.283 e. The van der Waals surface area contributed by atoms with Gasteiger partial charge in [-0.25, -0.2) is 0 Å². The SMILES string of the molecule is COc1ccc(Br)cc1C(=O)N=c1sc(C(C)(C)C)cn1C[C@H]1CCCO1. The van der Waals surface area contributed by atoms with Gasteiger partial charge in [0.1, 0.15) is 5.75 Å². The van der Waals surface area contributed by atoms with E-state index in [1.54, 1.807) is 30.6 Å². The Morgan fingerprint density at radius 2 is 2.22 bits per heavy atom. The second-order valence-corrected chi connectivity index (χ2v) is 9.60. The van der Waals surface area contributed by atoms with Gasteiger partial charge in [0, 0.05) is 22.2 Å². The molecule has 1 aliphatic heterocycles. The van der Waals surface area contributed by atoms with Crippen molar-refractivity contribution in [3.8, 4) is 5.75 Å². The van der Waals surface area contributed by atoms with E-state index in [1.165, 1.54) is 4.88 Å². The lowest BCUT2D eigenvalue weighted by atomic mass is 9.95. The summed E-state index contributed by atoms with van der Waals surface area (Å²) in [4.78, 5) is 19.2. The van der Waals surface area contributed by atoms with Gasteiger partial charge in [-0.05, 0) is 36.5 Å². The number of halogens is 1. The van der Waals surface area contributed by atoms with E-state index in [1.807, 2.05) is 6.07 Å². The standard InChI is InChI=1S/C20H25BrN2O3S/c1-20(2,3)17-12-23(11-14-6-5-9-26-14)19(27-17)22-18(24)15-10-13(21)7-8-16(15)25-4/h7-8,10,12,14H,5-6,9,11H2,1-4H3/t14-/m1/s1. The van der Waals surface area contributed by atoms with E-state index in [9.17, 15) is 4.79 Å². The molecular weight excluding hydrogens is 428 g/mol. The Morgan fingerprint density at radius 3 is 2.85 bits per heavy atom. The molecule has 146 valence electrons. The summed E-state index contributed by atoms with van der Waals surface area (Å²) < 4.78 is 14.0. The molecule has 2 heterocycles. The average molecular weight is 453 g/mol. The van der Waals surface area contributed by atoms with Crippen molar-refractivity contribution in [2.75, 3.05) is 13.7 Å². The Kier molecular flexibility index (Phi) is 6.23. The topological polar surface area (TPSA) is 52.8 Å². The molecule has 0 bridgehead atoms. The first-order valence-corrected chi connectivity index (χ1v) is 10.6. The van der Waals surface area contributed by atoms with Crippen molar-refractivity contribution in [1.82, 2.24) is 4.57 Å². The summed E-state index contributed by atoms with van der Waals surface area (Å²) in [5.41, 5.74) is 0.439. The second-order valence-electron chi connectivity index (χ2n) is 7.68. The quantitative estimate of drug-likeness (QED) is 0.683. The highest BCUT2D eigenvalue weighted by Crippen LogP contribution is 2.26. The van der Waals surface area contributed by atoms with Gasteiger partial charge in [0.05, 0.1) is 25.3 Å². The molecule has 1 aromatic heterocycles. The summed E-state index contributed by atoms with van der Waals surface area (Å²) in [6, 6.07) is 5.35. The van der Waals surface area contributed by atoms with Crippen LogP contribution in [0.15, 0.2) is 33.9 Å². The molecule has 2 aromatic rings. The van der Waals surface area contributed by atoms with Gasteiger partial charge >= 0.3 is 0 Å². The zero-order chi connectivity index (χ0) is 19.6. The van der Waals surface area contributed by atoms with Crippen LogP contribution in [-0.2, 0) is 16.7 Å². The fourth-order valence-corrected chi connectivity index (χ4v) is 4.36. The van der Waals surface area contributed by atoms with Gasteiger partial charge in [0.15, 0.2) is 4.80 Å². The predicted octanol–water partition coefficient (Wildman–Crippen LogP) is 4.54. The summed E-state index contributed by atoms with van der Waals surface area (Å²) >= 11 is 4.97. The highest BCUT2D eigenvalue weighted by Gasteiger charge is 2.22. The maximum absolute atomic E-state index is 12.9. The lowest BCUT2D eigenvalue weighted by Gasteiger charge is -2.15. The van der Waals surface area contributed by atoms with E-state index in [2.05, 4.69) is 52.5 Å². The van der Waals surface area contributed by atoms with Crippen LogP contribution in [0, 0.1) is 0 Å². The molecule has 5 nitrogen and oxygen atoms in total. The molecule has 1 amide bonds. The molecule has 0 radical (unpaired) electrons. The zero-order valence-corrected chi connectivity index (χ0v) is 18.5. The summed E-state index contributed by atoms with van der Waals surface area (Å²) in [5, 5.41) is 0. The highest BCUT2D eigenvalue weighted by molar-refractivity contribution is 9.10. The van der Waals surface area contributed by atoms with Crippen molar-refractivity contribution in [3.05, 3.63) is 44.1 Å². The van der Waals surface area contributed by atoms with Crippen LogP contribution in [0.4, 0.5) is 0 Å². The van der Waals surface area contributed by atoms with E-state index in [-0.39, 0.29) is 17.4 Å². The number of methoxy groups -OCH3 is 1. The molecule has 0 spiro atoms. The number of carbonyl (C=O) groups is 1. The fraction of sp³-hybridized carbons (Fsp3) is 0.500. The van der Waals surface area contributed by atoms with E-state index in [0.717, 1.165) is 23.9 Å². The lowest BCUT2D eigenvalue weighted by Crippen LogP contribution is -2.23. The molecule has 1 atom stereocenters. The minimum absolute atomic E-state index is 0.00671. The summed E-state index contributed by atoms with van der Waals surface area (Å²) in [6.07, 6.45) is 4.42. The maximum atomic E-state index is 12.9. The van der Waals surface area contributed by atoms with Gasteiger partial charge in [-0.1, -0.05) is 36.7 Å². The second kappa shape index (κ2) is 8.29. The minimum Gasteiger partial charge on any atom is -0.496 e. The molecule has 0 saturated carbocycles. The number of thiazole rings is 1. The van der Waals surface area contributed by atoms with Crippen molar-refractivity contribution >= 4 is 33.2 Å². The Balaban J connectivity index is 2.02. The van der Waals surface area contributed by atoms with E-state index >= 15 is 0 Å². The van der Waals surface area contributed by atoms with Gasteiger partial charge in [0.25, 0.3) is 5.91 Å². The molecule has 1 saturated heterocycles. The first-order valence-electron chi connectivity index (χ1n) is 9.03. The number of amides is 1. The highest BCUT2D eigenvalue weighted by atomic mass is 79.9. The number of hydrogen-bond acceptors (Lipinski definition) is 4. The van der Waals surface area contributed by atoms with Gasteiger partial charge in [-0.3, -0.25) is 4.79 Å². The maximum Gasteiger partial charge on any atom is 0.283 e. The minimum atomic E-state index is -0.309. The molecule has 7 heteroatoms. The lowest BCUT2D eigenvalue weighted by molar-refractivity contribution is 0.0948. The van der Waals surface area contributed by atoms with Gasteiger partial charge in [0.2, 0.25) is 0 Å². The van der Waals surface area contributed by atoms with Crippen molar-refractivity contribution in [2.24, 2.45) is 4.99 Å². The molecule has 0 aliphatic carbocycles. The molecular formula is C20H25BrN2O3S. The molecule has 27 heavy (non-hydrogen) atoms. The van der Waals surface area contributed by atoms with E-state index < -0.39 is 0 Å². The molecule has 1 aliphatic rings. The van der Waals surface area contributed by atoms with E-state index in [0.29, 0.717) is 22.7 Å². The van der Waals surface area contributed by atoms with Crippen LogP contribution in [0.3, 0.4) is 0 Å². The average Bonchev–Trinajstić information content (AvgIpc) is 3.25. The summed E-state index contributed by atoms with van der Waals surface area (Å²) in [5.74, 6) is 0.210. The van der Waals surface area contributed by atoms with Gasteiger partial charge in [-0.15, -0.1) is 11.3 Å². The molecule has 1 fully saturated rings. The normalized spacial score (nSPS) is 18.1. The number of nitrogens with zero attached hydrogens (tertiary/aromatic N) is 2. The first kappa shape index (κ1) is 20.3. The number of carbonyl (C=O) groups excluding carboxylic acids is 1. The van der Waals surface area contributed by atoms with Crippen LogP contribution in [0.1, 0.15) is 48.8 Å². The Morgan fingerprint density at radius 1 is 1.44 bits per heavy atom. The van der Waals surface area contributed by atoms with Crippen molar-refractivity contribution < 1.29 is 14.3 Å². The van der Waals surface area contributed by atoms with E-state index in [4.69, 9.17) is 9.47 Å². The zero-order valence-electron chi connectivity index (χ0n) is 16.1. The van der Waals surface area contributed by atoms with Crippen molar-refractivity contribution in [1.29, 1.82) is 0 Å². The molecule has 0 N–H and O–H groups in total. The van der Waals surface area contributed by atoms with Crippen LogP contribution in [-0.4, -0.2) is 30.3 Å². The largest absolute Gasteiger partial charge is 0.496 e. The number of aromatic nitrogens is 1. The number of hydrogen-bond donors (Lipinski definition) is 0. The van der Waals surface area contributed by atoms with Crippen LogP contribution in [0.25, 0.3) is 0 Å². The van der Waals surface area contributed by atoms with Crippen molar-refractivity contribution in [2.45, 2.75) is 51.7 Å². The van der Waals surface area contributed by atoms with Gasteiger partial charge in [-0.2, -0.15) is 4.99 Å². The van der Waals surface area contributed by atoms with Crippen LogP contribution < -0.4 is 9.54 Å². The Bertz CT molecular complexity index is 889. The van der Waals surface area contributed by atoms with Crippen LogP contribution in [0.5, 0.6) is 5.75 Å². The monoisotopic (exact) mass is 452 g/mol. The number of benzene rings is 1. The fourth-order valence-electron chi connectivity index (χ4n) is 2.95. The third-order valence-corrected chi connectivity index (χ3v) is 6.41. The number of rotatable bonds is 4. The Labute approximate surface area is 172 Å². The van der Waals surface area contributed by atoms with Gasteiger partial charge < -0.3 is 14.0 Å². The van der Waals surface area contributed by atoms with Crippen molar-refractivity contribution in [3.63, 3.8) is 0 Å².